The molecule has 0 saturated heterocycles. The molecule has 0 amide bonds. The Morgan fingerprint density at radius 2 is 1.80 bits per heavy atom. The molecule has 3 N–H and O–H groups in total. The Kier molecular flexibility index (Phi) is 6.36. The van der Waals surface area contributed by atoms with Crippen LogP contribution in [-0.4, -0.2) is 28.8 Å². The third-order valence-electron chi connectivity index (χ3n) is 2.61. The molecule has 0 bridgehead atoms. The van der Waals surface area contributed by atoms with Gasteiger partial charge in [-0.15, -0.1) is 0 Å². The lowest BCUT2D eigenvalue weighted by atomic mass is 9.86. The van der Waals surface area contributed by atoms with Gasteiger partial charge in [-0.05, 0) is 25.8 Å². The van der Waals surface area contributed by atoms with Crippen LogP contribution in [0.1, 0.15) is 46.0 Å². The van der Waals surface area contributed by atoms with Crippen molar-refractivity contribution in [2.75, 3.05) is 6.54 Å². The van der Waals surface area contributed by atoms with Crippen LogP contribution in [0, 0.1) is 0 Å². The Balaban J connectivity index is 4.38. The summed E-state index contributed by atoms with van der Waals surface area (Å²) in [7, 11) is 0. The topological polar surface area (TPSA) is 80.4 Å². The predicted octanol–water partition coefficient (Wildman–Crippen LogP) is 0.805. The van der Waals surface area contributed by atoms with E-state index < -0.39 is 5.60 Å². The molecule has 0 aromatic rings. The highest BCUT2D eigenvalue weighted by atomic mass is 16.3. The van der Waals surface area contributed by atoms with E-state index in [-0.39, 0.29) is 30.8 Å². The highest BCUT2D eigenvalue weighted by Gasteiger charge is 2.39. The lowest BCUT2D eigenvalue weighted by molar-refractivity contribution is -0.151. The van der Waals surface area contributed by atoms with E-state index >= 15 is 0 Å². The molecular formula is C11H21NO3. The van der Waals surface area contributed by atoms with Gasteiger partial charge in [-0.25, -0.2) is 0 Å². The summed E-state index contributed by atoms with van der Waals surface area (Å²) in [6.45, 7) is 3.82. The summed E-state index contributed by atoms with van der Waals surface area (Å²) in [6, 6.07) is 0. The zero-order valence-electron chi connectivity index (χ0n) is 9.58. The number of Topliss-reactive ketones (excluding diaryl/α,β-unsaturated/α-hetero) is 2. The van der Waals surface area contributed by atoms with Crippen molar-refractivity contribution in [1.29, 1.82) is 0 Å². The van der Waals surface area contributed by atoms with Crippen LogP contribution in [0.2, 0.25) is 0 Å². The van der Waals surface area contributed by atoms with Crippen LogP contribution >= 0.6 is 0 Å². The van der Waals surface area contributed by atoms with Crippen molar-refractivity contribution in [3.05, 3.63) is 0 Å². The van der Waals surface area contributed by atoms with Crippen LogP contribution < -0.4 is 5.73 Å². The molecule has 0 fully saturated rings. The van der Waals surface area contributed by atoms with Crippen LogP contribution in [-0.2, 0) is 9.59 Å². The standard InChI is InChI=1S/C11H21NO3/c1-3-9(13)11(15,4-2)10(14)7-5-6-8-12/h15H,3-8,12H2,1-2H3/t11-/m1/s1. The molecule has 15 heavy (non-hydrogen) atoms. The van der Waals surface area contributed by atoms with E-state index in [9.17, 15) is 14.7 Å². The van der Waals surface area contributed by atoms with Crippen molar-refractivity contribution < 1.29 is 14.7 Å². The molecule has 1 atom stereocenters. The highest BCUT2D eigenvalue weighted by Crippen LogP contribution is 2.18. The normalized spacial score (nSPS) is 14.7. The second-order valence-corrected chi connectivity index (χ2v) is 3.66. The van der Waals surface area contributed by atoms with Crippen molar-refractivity contribution >= 4 is 11.6 Å². The molecule has 4 nitrogen and oxygen atoms in total. The van der Waals surface area contributed by atoms with Gasteiger partial charge in [0.25, 0.3) is 0 Å². The molecule has 0 rings (SSSR count). The first-order valence-electron chi connectivity index (χ1n) is 5.51. The van der Waals surface area contributed by atoms with Crippen LogP contribution in [0.5, 0.6) is 0 Å². The lowest BCUT2D eigenvalue weighted by Crippen LogP contribution is -2.45. The maximum atomic E-state index is 11.7. The predicted molar refractivity (Wildman–Crippen MR) is 58.5 cm³/mol. The molecule has 0 unspecified atom stereocenters. The van der Waals surface area contributed by atoms with E-state index in [1.807, 2.05) is 0 Å². The SMILES string of the molecule is CCC(=O)[C@](O)(CC)C(=O)CCCCN. The summed E-state index contributed by atoms with van der Waals surface area (Å²) < 4.78 is 0. The van der Waals surface area contributed by atoms with E-state index in [1.54, 1.807) is 13.8 Å². The number of hydrogen-bond donors (Lipinski definition) is 2. The molecule has 4 heteroatoms. The molecule has 0 heterocycles. The van der Waals surface area contributed by atoms with E-state index in [0.29, 0.717) is 13.0 Å². The molecule has 0 aromatic carbocycles. The van der Waals surface area contributed by atoms with Crippen molar-refractivity contribution in [1.82, 2.24) is 0 Å². The summed E-state index contributed by atoms with van der Waals surface area (Å²) in [5.74, 6) is -0.756. The minimum atomic E-state index is -1.76. The van der Waals surface area contributed by atoms with Gasteiger partial charge in [-0.3, -0.25) is 9.59 Å². The minimum Gasteiger partial charge on any atom is -0.375 e. The van der Waals surface area contributed by atoms with Crippen molar-refractivity contribution in [3.63, 3.8) is 0 Å². The first-order chi connectivity index (χ1) is 7.02. The molecule has 88 valence electrons. The zero-order chi connectivity index (χ0) is 11.9. The summed E-state index contributed by atoms with van der Waals surface area (Å²) in [5.41, 5.74) is 3.54. The van der Waals surface area contributed by atoms with Gasteiger partial charge >= 0.3 is 0 Å². The van der Waals surface area contributed by atoms with Crippen LogP contribution in [0.25, 0.3) is 0 Å². The minimum absolute atomic E-state index is 0.154. The van der Waals surface area contributed by atoms with E-state index in [0.717, 1.165) is 6.42 Å². The second kappa shape index (κ2) is 6.69. The summed E-state index contributed by atoms with van der Waals surface area (Å²) in [6.07, 6.45) is 1.95. The van der Waals surface area contributed by atoms with Crippen molar-refractivity contribution in [2.45, 2.75) is 51.6 Å². The smallest absolute Gasteiger partial charge is 0.180 e. The average Bonchev–Trinajstić information content (AvgIpc) is 2.26. The highest BCUT2D eigenvalue weighted by molar-refractivity contribution is 6.09. The molecule has 0 radical (unpaired) electrons. The van der Waals surface area contributed by atoms with Gasteiger partial charge in [0.15, 0.2) is 17.2 Å². The summed E-state index contributed by atoms with van der Waals surface area (Å²) in [5, 5.41) is 9.93. The monoisotopic (exact) mass is 215 g/mol. The fraction of sp³-hybridized carbons (Fsp3) is 0.818. The van der Waals surface area contributed by atoms with Gasteiger partial charge in [0, 0.05) is 12.8 Å². The zero-order valence-corrected chi connectivity index (χ0v) is 9.58. The molecular weight excluding hydrogens is 194 g/mol. The van der Waals surface area contributed by atoms with Crippen molar-refractivity contribution in [2.24, 2.45) is 5.73 Å². The fourth-order valence-electron chi connectivity index (χ4n) is 1.48. The maximum Gasteiger partial charge on any atom is 0.180 e. The quantitative estimate of drug-likeness (QED) is 0.463. The van der Waals surface area contributed by atoms with Crippen LogP contribution in [0.3, 0.4) is 0 Å². The molecule has 0 aliphatic carbocycles. The molecule has 0 aliphatic rings. The van der Waals surface area contributed by atoms with E-state index in [1.165, 1.54) is 0 Å². The Hall–Kier alpha value is -0.740. The Morgan fingerprint density at radius 1 is 1.20 bits per heavy atom. The van der Waals surface area contributed by atoms with Crippen LogP contribution in [0.15, 0.2) is 0 Å². The maximum absolute atomic E-state index is 11.7. The molecule has 0 aromatic heterocycles. The van der Waals surface area contributed by atoms with Gasteiger partial charge in [0.1, 0.15) is 0 Å². The van der Waals surface area contributed by atoms with Crippen LogP contribution in [0.4, 0.5) is 0 Å². The largest absolute Gasteiger partial charge is 0.375 e. The summed E-state index contributed by atoms with van der Waals surface area (Å²) in [4.78, 5) is 23.1. The molecule has 0 spiro atoms. The Bertz CT molecular complexity index is 228. The number of carbonyl (C=O) groups excluding carboxylic acids is 2. The Labute approximate surface area is 90.8 Å². The van der Waals surface area contributed by atoms with Gasteiger partial charge in [0.05, 0.1) is 0 Å². The number of rotatable bonds is 8. The third kappa shape index (κ3) is 3.72. The number of aliphatic hydroxyl groups is 1. The van der Waals surface area contributed by atoms with Crippen molar-refractivity contribution in [3.8, 4) is 0 Å². The molecule has 0 saturated carbocycles. The first kappa shape index (κ1) is 14.3. The number of hydrogen-bond acceptors (Lipinski definition) is 4. The number of ketones is 2. The van der Waals surface area contributed by atoms with E-state index in [2.05, 4.69) is 0 Å². The first-order valence-corrected chi connectivity index (χ1v) is 5.51. The van der Waals surface area contributed by atoms with E-state index in [4.69, 9.17) is 5.73 Å². The summed E-state index contributed by atoms with van der Waals surface area (Å²) >= 11 is 0. The van der Waals surface area contributed by atoms with Gasteiger partial charge in [0.2, 0.25) is 0 Å². The van der Waals surface area contributed by atoms with Gasteiger partial charge < -0.3 is 10.8 Å². The fourth-order valence-corrected chi connectivity index (χ4v) is 1.48. The van der Waals surface area contributed by atoms with Gasteiger partial charge in [-0.1, -0.05) is 13.8 Å². The number of unbranched alkanes of at least 4 members (excludes halogenated alkanes) is 1. The number of carbonyl (C=O) groups is 2. The van der Waals surface area contributed by atoms with Gasteiger partial charge in [-0.2, -0.15) is 0 Å². The second-order valence-electron chi connectivity index (χ2n) is 3.66. The molecule has 0 aliphatic heterocycles. The number of nitrogens with two attached hydrogens (primary N) is 1. The lowest BCUT2D eigenvalue weighted by Gasteiger charge is -2.23. The Morgan fingerprint density at radius 3 is 2.20 bits per heavy atom. The third-order valence-corrected chi connectivity index (χ3v) is 2.61. The average molecular weight is 215 g/mol.